The highest BCUT2D eigenvalue weighted by atomic mass is 32.2. The number of hydrogen-bond acceptors (Lipinski definition) is 3. The molecule has 0 aliphatic carbocycles. The summed E-state index contributed by atoms with van der Waals surface area (Å²) in [6.45, 7) is 5.05. The minimum absolute atomic E-state index is 0.0397. The van der Waals surface area contributed by atoms with Crippen LogP contribution in [0.2, 0.25) is 0 Å². The minimum atomic E-state index is -3.49. The summed E-state index contributed by atoms with van der Waals surface area (Å²) in [4.78, 5) is 11.0. The maximum absolute atomic E-state index is 11.5. The summed E-state index contributed by atoms with van der Waals surface area (Å²) in [7, 11) is -3.49. The molecule has 0 saturated heterocycles. The molecule has 5 nitrogen and oxygen atoms in total. The number of carboxylic acids is 1. The zero-order valence-electron chi connectivity index (χ0n) is 9.41. The number of nitrogens with one attached hydrogen (secondary N) is 1. The first-order valence-corrected chi connectivity index (χ1v) is 6.73. The summed E-state index contributed by atoms with van der Waals surface area (Å²) in [5.74, 6) is -1.16. The van der Waals surface area contributed by atoms with E-state index in [9.17, 15) is 13.2 Å². The van der Waals surface area contributed by atoms with Gasteiger partial charge in [0, 0.05) is 0 Å². The van der Waals surface area contributed by atoms with Crippen LogP contribution < -0.4 is 4.72 Å². The van der Waals surface area contributed by atoms with Gasteiger partial charge in [-0.25, -0.2) is 8.42 Å². The lowest BCUT2D eigenvalue weighted by Gasteiger charge is -2.27. The van der Waals surface area contributed by atoms with Crippen LogP contribution in [0.15, 0.2) is 0 Å². The van der Waals surface area contributed by atoms with Crippen molar-refractivity contribution in [2.75, 3.05) is 5.75 Å². The number of sulfonamides is 1. The van der Waals surface area contributed by atoms with Crippen LogP contribution >= 0.6 is 0 Å². The molecule has 0 unspecified atom stereocenters. The Kier molecular flexibility index (Phi) is 5.23. The van der Waals surface area contributed by atoms with Gasteiger partial charge in [-0.3, -0.25) is 4.79 Å². The van der Waals surface area contributed by atoms with Crippen molar-refractivity contribution in [2.45, 2.75) is 45.6 Å². The Balaban J connectivity index is 4.92. The number of rotatable bonds is 7. The van der Waals surface area contributed by atoms with Crippen LogP contribution in [-0.2, 0) is 14.8 Å². The third-order valence-corrected chi connectivity index (χ3v) is 4.09. The van der Waals surface area contributed by atoms with Gasteiger partial charge in [0.25, 0.3) is 0 Å². The molecule has 0 aromatic rings. The third kappa shape index (κ3) is 3.79. The molecule has 0 aromatic heterocycles. The lowest BCUT2D eigenvalue weighted by atomic mass is 9.95. The number of hydrogen-bond donors (Lipinski definition) is 2. The molecule has 0 rings (SSSR count). The molecule has 0 saturated carbocycles. The Morgan fingerprint density at radius 3 is 2.00 bits per heavy atom. The molecule has 90 valence electrons. The molecule has 2 N–H and O–H groups in total. The molecule has 0 aromatic carbocycles. The van der Waals surface area contributed by atoms with Crippen molar-refractivity contribution in [3.63, 3.8) is 0 Å². The maximum atomic E-state index is 11.5. The van der Waals surface area contributed by atoms with E-state index in [2.05, 4.69) is 4.72 Å². The zero-order chi connectivity index (χ0) is 12.1. The smallest absolute Gasteiger partial charge is 0.324 e. The van der Waals surface area contributed by atoms with Gasteiger partial charge in [-0.05, 0) is 19.3 Å². The summed E-state index contributed by atoms with van der Waals surface area (Å²) in [5, 5.41) is 9.03. The molecule has 6 heteroatoms. The fourth-order valence-corrected chi connectivity index (χ4v) is 2.97. The largest absolute Gasteiger partial charge is 0.480 e. The predicted molar refractivity (Wildman–Crippen MR) is 58.2 cm³/mol. The number of carboxylic acid groups (broad SMARTS) is 1. The topological polar surface area (TPSA) is 83.5 Å². The summed E-state index contributed by atoms with van der Waals surface area (Å²) in [6.07, 6.45) is 0.946. The Labute approximate surface area is 90.9 Å². The van der Waals surface area contributed by atoms with Crippen LogP contribution in [-0.4, -0.2) is 30.8 Å². The molecule has 0 aliphatic heterocycles. The highest BCUT2D eigenvalue weighted by molar-refractivity contribution is 7.89. The normalized spacial score (nSPS) is 12.7. The van der Waals surface area contributed by atoms with E-state index >= 15 is 0 Å². The second-order valence-electron chi connectivity index (χ2n) is 3.52. The summed E-state index contributed by atoms with van der Waals surface area (Å²) < 4.78 is 25.3. The standard InChI is InChI=1S/C9H19NO4S/c1-4-7-15(13,14)10-9(5-2,6-3)8(11)12/h10H,4-7H2,1-3H3,(H,11,12). The lowest BCUT2D eigenvalue weighted by Crippen LogP contribution is -2.54. The molecular formula is C9H19NO4S. The van der Waals surface area contributed by atoms with Gasteiger partial charge < -0.3 is 5.11 Å². The van der Waals surface area contributed by atoms with E-state index in [1.54, 1.807) is 20.8 Å². The van der Waals surface area contributed by atoms with Crippen LogP contribution in [0.25, 0.3) is 0 Å². The quantitative estimate of drug-likeness (QED) is 0.690. The highest BCUT2D eigenvalue weighted by Crippen LogP contribution is 2.17. The first-order valence-electron chi connectivity index (χ1n) is 5.08. The van der Waals surface area contributed by atoms with Crippen molar-refractivity contribution in [3.8, 4) is 0 Å². The third-order valence-electron chi connectivity index (χ3n) is 2.44. The van der Waals surface area contributed by atoms with Crippen molar-refractivity contribution in [1.29, 1.82) is 0 Å². The van der Waals surface area contributed by atoms with Crippen LogP contribution in [0, 0.1) is 0 Å². The average molecular weight is 237 g/mol. The maximum Gasteiger partial charge on any atom is 0.324 e. The van der Waals surface area contributed by atoms with Crippen molar-refractivity contribution in [1.82, 2.24) is 4.72 Å². The first kappa shape index (κ1) is 14.4. The van der Waals surface area contributed by atoms with Gasteiger partial charge in [-0.15, -0.1) is 0 Å². The van der Waals surface area contributed by atoms with Gasteiger partial charge >= 0.3 is 5.97 Å². The predicted octanol–water partition coefficient (Wildman–Crippen LogP) is 0.959. The van der Waals surface area contributed by atoms with E-state index in [-0.39, 0.29) is 18.6 Å². The van der Waals surface area contributed by atoms with Crippen molar-refractivity contribution in [2.24, 2.45) is 0 Å². The van der Waals surface area contributed by atoms with Crippen molar-refractivity contribution >= 4 is 16.0 Å². The summed E-state index contributed by atoms with van der Waals surface area (Å²) in [5.41, 5.74) is -1.35. The molecular weight excluding hydrogens is 218 g/mol. The fraction of sp³-hybridized carbons (Fsp3) is 0.889. The van der Waals surface area contributed by atoms with Gasteiger partial charge in [0.15, 0.2) is 0 Å². The molecule has 0 radical (unpaired) electrons. The molecule has 0 bridgehead atoms. The molecule has 0 heterocycles. The van der Waals surface area contributed by atoms with Crippen LogP contribution in [0.4, 0.5) is 0 Å². The Bertz CT molecular complexity index is 306. The van der Waals surface area contributed by atoms with Gasteiger partial charge in [-0.1, -0.05) is 20.8 Å². The van der Waals surface area contributed by atoms with Gasteiger partial charge in [0.2, 0.25) is 10.0 Å². The van der Waals surface area contributed by atoms with Gasteiger partial charge in [-0.2, -0.15) is 4.72 Å². The van der Waals surface area contributed by atoms with E-state index in [4.69, 9.17) is 5.11 Å². The van der Waals surface area contributed by atoms with E-state index in [0.717, 1.165) is 0 Å². The second kappa shape index (κ2) is 5.46. The van der Waals surface area contributed by atoms with Gasteiger partial charge in [0.1, 0.15) is 5.54 Å². The SMILES string of the molecule is CCCS(=O)(=O)NC(CC)(CC)C(=O)O. The van der Waals surface area contributed by atoms with E-state index in [0.29, 0.717) is 6.42 Å². The van der Waals surface area contributed by atoms with Crippen LogP contribution in [0.3, 0.4) is 0 Å². The number of carbonyl (C=O) groups is 1. The molecule has 0 aliphatic rings. The average Bonchev–Trinajstić information content (AvgIpc) is 2.13. The summed E-state index contributed by atoms with van der Waals surface area (Å²) >= 11 is 0. The highest BCUT2D eigenvalue weighted by Gasteiger charge is 2.38. The molecule has 0 atom stereocenters. The number of aliphatic carboxylic acids is 1. The molecule has 0 spiro atoms. The van der Waals surface area contributed by atoms with Crippen molar-refractivity contribution < 1.29 is 18.3 Å². The van der Waals surface area contributed by atoms with Crippen LogP contribution in [0.5, 0.6) is 0 Å². The monoisotopic (exact) mass is 237 g/mol. The zero-order valence-corrected chi connectivity index (χ0v) is 10.2. The van der Waals surface area contributed by atoms with E-state index in [1.807, 2.05) is 0 Å². The minimum Gasteiger partial charge on any atom is -0.480 e. The molecule has 15 heavy (non-hydrogen) atoms. The summed E-state index contributed by atoms with van der Waals surface area (Å²) in [6, 6.07) is 0. The van der Waals surface area contributed by atoms with E-state index in [1.165, 1.54) is 0 Å². The lowest BCUT2D eigenvalue weighted by molar-refractivity contribution is -0.144. The van der Waals surface area contributed by atoms with Crippen molar-refractivity contribution in [3.05, 3.63) is 0 Å². The second-order valence-corrected chi connectivity index (χ2v) is 5.36. The Hall–Kier alpha value is -0.620. The fourth-order valence-electron chi connectivity index (χ4n) is 1.36. The van der Waals surface area contributed by atoms with Crippen LogP contribution in [0.1, 0.15) is 40.0 Å². The Morgan fingerprint density at radius 2 is 1.73 bits per heavy atom. The van der Waals surface area contributed by atoms with Gasteiger partial charge in [0.05, 0.1) is 5.75 Å². The first-order chi connectivity index (χ1) is 6.83. The Morgan fingerprint density at radius 1 is 1.27 bits per heavy atom. The molecule has 0 fully saturated rings. The van der Waals surface area contributed by atoms with E-state index < -0.39 is 21.5 Å². The molecule has 0 amide bonds.